The molecule has 106 valence electrons. The van der Waals surface area contributed by atoms with Crippen molar-refractivity contribution in [2.75, 3.05) is 11.9 Å². The second kappa shape index (κ2) is 8.43. The molecule has 1 aliphatic rings. The van der Waals surface area contributed by atoms with Crippen molar-refractivity contribution in [3.05, 3.63) is 34.3 Å². The lowest BCUT2D eigenvalue weighted by atomic mass is 9.95. The standard InChI is InChI=1S/C16H22Br2O/c17-12-14(3-1-4-16-5-2-10-19-16)11-13-6-8-15(18)9-7-13/h6-9,14,16H,1-5,10-12H2. The number of benzene rings is 1. The molecule has 2 unspecified atom stereocenters. The molecule has 1 heterocycles. The molecule has 2 rings (SSSR count). The highest BCUT2D eigenvalue weighted by Crippen LogP contribution is 2.23. The number of rotatable bonds is 7. The summed E-state index contributed by atoms with van der Waals surface area (Å²) in [6.45, 7) is 0.978. The molecule has 3 heteroatoms. The summed E-state index contributed by atoms with van der Waals surface area (Å²) in [6, 6.07) is 8.71. The smallest absolute Gasteiger partial charge is 0.0576 e. The van der Waals surface area contributed by atoms with Gasteiger partial charge in [0.15, 0.2) is 0 Å². The van der Waals surface area contributed by atoms with Crippen molar-refractivity contribution < 1.29 is 4.74 Å². The van der Waals surface area contributed by atoms with E-state index in [9.17, 15) is 0 Å². The molecule has 1 saturated heterocycles. The molecule has 1 aromatic rings. The summed E-state index contributed by atoms with van der Waals surface area (Å²) >= 11 is 7.15. The van der Waals surface area contributed by atoms with Crippen LogP contribution in [0.3, 0.4) is 0 Å². The van der Waals surface area contributed by atoms with Crippen molar-refractivity contribution in [3.8, 4) is 0 Å². The van der Waals surface area contributed by atoms with E-state index in [1.165, 1.54) is 44.1 Å². The Morgan fingerprint density at radius 2 is 2.05 bits per heavy atom. The summed E-state index contributed by atoms with van der Waals surface area (Å²) in [5, 5.41) is 1.09. The van der Waals surface area contributed by atoms with Crippen molar-refractivity contribution >= 4 is 31.9 Å². The van der Waals surface area contributed by atoms with E-state index in [0.717, 1.165) is 22.3 Å². The highest BCUT2D eigenvalue weighted by Gasteiger charge is 2.16. The van der Waals surface area contributed by atoms with Gasteiger partial charge in [0.25, 0.3) is 0 Å². The number of halogens is 2. The average molecular weight is 390 g/mol. The lowest BCUT2D eigenvalue weighted by Crippen LogP contribution is -2.09. The van der Waals surface area contributed by atoms with Crippen LogP contribution in [0.4, 0.5) is 0 Å². The quantitative estimate of drug-likeness (QED) is 0.571. The number of ether oxygens (including phenoxy) is 1. The van der Waals surface area contributed by atoms with Gasteiger partial charge in [0, 0.05) is 16.4 Å². The zero-order chi connectivity index (χ0) is 13.5. The Bertz CT molecular complexity index is 358. The van der Waals surface area contributed by atoms with Gasteiger partial charge in [-0.05, 0) is 55.7 Å². The summed E-state index contributed by atoms with van der Waals surface area (Å²) < 4.78 is 6.84. The van der Waals surface area contributed by atoms with Gasteiger partial charge >= 0.3 is 0 Å². The first kappa shape index (κ1) is 15.5. The Morgan fingerprint density at radius 1 is 1.26 bits per heavy atom. The molecule has 0 saturated carbocycles. The monoisotopic (exact) mass is 388 g/mol. The topological polar surface area (TPSA) is 9.23 Å². The highest BCUT2D eigenvalue weighted by molar-refractivity contribution is 9.10. The van der Waals surface area contributed by atoms with Crippen LogP contribution in [-0.4, -0.2) is 18.0 Å². The van der Waals surface area contributed by atoms with Gasteiger partial charge in [0.2, 0.25) is 0 Å². The van der Waals surface area contributed by atoms with E-state index in [-0.39, 0.29) is 0 Å². The predicted octanol–water partition coefficient (Wildman–Crippen LogP) is 5.35. The van der Waals surface area contributed by atoms with Crippen LogP contribution in [0.15, 0.2) is 28.7 Å². The zero-order valence-electron chi connectivity index (χ0n) is 11.3. The van der Waals surface area contributed by atoms with Gasteiger partial charge in [-0.3, -0.25) is 0 Å². The van der Waals surface area contributed by atoms with Crippen molar-refractivity contribution in [2.45, 2.75) is 44.6 Å². The van der Waals surface area contributed by atoms with E-state index in [2.05, 4.69) is 56.1 Å². The first-order chi connectivity index (χ1) is 9.28. The normalized spacial score (nSPS) is 20.6. The first-order valence-corrected chi connectivity index (χ1v) is 9.11. The maximum atomic E-state index is 5.68. The Balaban J connectivity index is 1.71. The SMILES string of the molecule is BrCC(CCCC1CCCO1)Cc1ccc(Br)cc1. The van der Waals surface area contributed by atoms with Gasteiger partial charge in [-0.15, -0.1) is 0 Å². The molecule has 0 bridgehead atoms. The van der Waals surface area contributed by atoms with E-state index < -0.39 is 0 Å². The van der Waals surface area contributed by atoms with Crippen molar-refractivity contribution in [2.24, 2.45) is 5.92 Å². The molecule has 2 atom stereocenters. The Kier molecular flexibility index (Phi) is 6.89. The summed E-state index contributed by atoms with van der Waals surface area (Å²) in [4.78, 5) is 0. The lowest BCUT2D eigenvalue weighted by Gasteiger charge is -2.15. The summed E-state index contributed by atoms with van der Waals surface area (Å²) in [5.74, 6) is 0.738. The summed E-state index contributed by atoms with van der Waals surface area (Å²) in [7, 11) is 0. The van der Waals surface area contributed by atoms with Crippen LogP contribution < -0.4 is 0 Å². The molecular formula is C16H22Br2O. The van der Waals surface area contributed by atoms with Crippen molar-refractivity contribution in [3.63, 3.8) is 0 Å². The van der Waals surface area contributed by atoms with Gasteiger partial charge in [-0.2, -0.15) is 0 Å². The fourth-order valence-electron chi connectivity index (χ4n) is 2.69. The summed E-state index contributed by atoms with van der Waals surface area (Å²) in [6.07, 6.45) is 8.06. The van der Waals surface area contributed by atoms with Crippen LogP contribution in [0.2, 0.25) is 0 Å². The van der Waals surface area contributed by atoms with Gasteiger partial charge in [-0.25, -0.2) is 0 Å². The van der Waals surface area contributed by atoms with Crippen LogP contribution in [0.25, 0.3) is 0 Å². The fourth-order valence-corrected chi connectivity index (χ4v) is 3.51. The molecule has 1 aromatic carbocycles. The van der Waals surface area contributed by atoms with E-state index in [1.54, 1.807) is 0 Å². The molecule has 19 heavy (non-hydrogen) atoms. The Morgan fingerprint density at radius 3 is 2.68 bits per heavy atom. The van der Waals surface area contributed by atoms with Gasteiger partial charge in [-0.1, -0.05) is 50.4 Å². The third-order valence-corrected chi connectivity index (χ3v) is 5.26. The second-order valence-corrected chi connectivity index (χ2v) is 6.98. The van der Waals surface area contributed by atoms with Crippen molar-refractivity contribution in [1.29, 1.82) is 0 Å². The molecule has 0 spiro atoms. The Labute approximate surface area is 133 Å². The summed E-state index contributed by atoms with van der Waals surface area (Å²) in [5.41, 5.74) is 1.43. The van der Waals surface area contributed by atoms with Crippen LogP contribution in [-0.2, 0) is 11.2 Å². The predicted molar refractivity (Wildman–Crippen MR) is 88.0 cm³/mol. The molecular weight excluding hydrogens is 368 g/mol. The fraction of sp³-hybridized carbons (Fsp3) is 0.625. The molecule has 1 nitrogen and oxygen atoms in total. The molecule has 1 fully saturated rings. The van der Waals surface area contributed by atoms with Crippen LogP contribution in [0, 0.1) is 5.92 Å². The van der Waals surface area contributed by atoms with Gasteiger partial charge in [0.05, 0.1) is 6.10 Å². The van der Waals surface area contributed by atoms with E-state index in [1.807, 2.05) is 0 Å². The maximum Gasteiger partial charge on any atom is 0.0576 e. The lowest BCUT2D eigenvalue weighted by molar-refractivity contribution is 0.101. The largest absolute Gasteiger partial charge is 0.378 e. The zero-order valence-corrected chi connectivity index (χ0v) is 14.5. The molecule has 0 aromatic heterocycles. The number of hydrogen-bond donors (Lipinski definition) is 0. The van der Waals surface area contributed by atoms with Crippen LogP contribution >= 0.6 is 31.9 Å². The van der Waals surface area contributed by atoms with Crippen LogP contribution in [0.5, 0.6) is 0 Å². The second-order valence-electron chi connectivity index (χ2n) is 5.42. The minimum atomic E-state index is 0.545. The highest BCUT2D eigenvalue weighted by atomic mass is 79.9. The van der Waals surface area contributed by atoms with Crippen LogP contribution in [0.1, 0.15) is 37.7 Å². The minimum Gasteiger partial charge on any atom is -0.378 e. The molecule has 0 radical (unpaired) electrons. The Hall–Kier alpha value is 0.140. The van der Waals surface area contributed by atoms with E-state index in [0.29, 0.717) is 6.10 Å². The van der Waals surface area contributed by atoms with E-state index >= 15 is 0 Å². The first-order valence-electron chi connectivity index (χ1n) is 7.20. The number of alkyl halides is 1. The third-order valence-electron chi connectivity index (χ3n) is 3.82. The van der Waals surface area contributed by atoms with E-state index in [4.69, 9.17) is 4.74 Å². The maximum absolute atomic E-state index is 5.68. The van der Waals surface area contributed by atoms with Gasteiger partial charge in [0.1, 0.15) is 0 Å². The van der Waals surface area contributed by atoms with Gasteiger partial charge < -0.3 is 4.74 Å². The average Bonchev–Trinajstić information content (AvgIpc) is 2.93. The molecule has 0 amide bonds. The molecule has 0 aliphatic carbocycles. The number of hydrogen-bond acceptors (Lipinski definition) is 1. The third kappa shape index (κ3) is 5.57. The van der Waals surface area contributed by atoms with Crippen molar-refractivity contribution in [1.82, 2.24) is 0 Å². The molecule has 1 aliphatic heterocycles. The molecule has 0 N–H and O–H groups in total. The minimum absolute atomic E-state index is 0.545.